The second kappa shape index (κ2) is 7.03. The van der Waals surface area contributed by atoms with E-state index in [1.807, 2.05) is 32.0 Å². The van der Waals surface area contributed by atoms with Crippen molar-refractivity contribution in [2.75, 3.05) is 10.6 Å². The van der Waals surface area contributed by atoms with E-state index in [-0.39, 0.29) is 11.5 Å². The van der Waals surface area contributed by atoms with Crippen LogP contribution in [-0.2, 0) is 6.18 Å². The van der Waals surface area contributed by atoms with Crippen molar-refractivity contribution in [1.82, 2.24) is 9.97 Å². The molecule has 26 heavy (non-hydrogen) atoms. The van der Waals surface area contributed by atoms with Crippen LogP contribution in [0.4, 0.5) is 36.3 Å². The maximum absolute atomic E-state index is 13.1. The number of para-hydroxylation sites is 1. The molecule has 3 aromatic rings. The molecule has 0 saturated carbocycles. The number of nitrogens with zero attached hydrogens (tertiary/aromatic N) is 2. The fourth-order valence-electron chi connectivity index (χ4n) is 2.41. The monoisotopic (exact) mass is 358 g/mol. The summed E-state index contributed by atoms with van der Waals surface area (Å²) in [6.45, 7) is 4.01. The highest BCUT2D eigenvalue weighted by atomic mass is 19.4. The van der Waals surface area contributed by atoms with Gasteiger partial charge in [0.2, 0.25) is 5.95 Å². The fraction of sp³-hybridized carbons (Fsp3) is 0.158. The maximum atomic E-state index is 13.1. The van der Waals surface area contributed by atoms with Crippen molar-refractivity contribution in [3.63, 3.8) is 0 Å². The van der Waals surface area contributed by atoms with E-state index in [4.69, 9.17) is 0 Å². The molecule has 0 unspecified atom stereocenters. The Morgan fingerprint density at radius 1 is 0.885 bits per heavy atom. The zero-order valence-corrected chi connectivity index (χ0v) is 14.2. The van der Waals surface area contributed by atoms with Gasteiger partial charge in [0.25, 0.3) is 0 Å². The van der Waals surface area contributed by atoms with Crippen LogP contribution in [0.3, 0.4) is 0 Å². The largest absolute Gasteiger partial charge is 0.418 e. The van der Waals surface area contributed by atoms with Crippen molar-refractivity contribution < 1.29 is 13.2 Å². The van der Waals surface area contributed by atoms with Crippen molar-refractivity contribution in [1.29, 1.82) is 0 Å². The van der Waals surface area contributed by atoms with Crippen LogP contribution in [-0.4, -0.2) is 9.97 Å². The Kier molecular flexibility index (Phi) is 4.79. The molecule has 2 N–H and O–H groups in total. The zero-order chi connectivity index (χ0) is 18.7. The van der Waals surface area contributed by atoms with E-state index in [1.165, 1.54) is 30.5 Å². The number of rotatable bonds is 4. The molecule has 0 aliphatic heterocycles. The van der Waals surface area contributed by atoms with E-state index in [0.717, 1.165) is 22.9 Å². The van der Waals surface area contributed by atoms with Crippen LogP contribution in [0.5, 0.6) is 0 Å². The Bertz CT molecular complexity index is 923. The second-order valence-corrected chi connectivity index (χ2v) is 5.86. The summed E-state index contributed by atoms with van der Waals surface area (Å²) < 4.78 is 39.3. The van der Waals surface area contributed by atoms with Gasteiger partial charge in [-0.05, 0) is 55.3 Å². The average Bonchev–Trinajstić information content (AvgIpc) is 2.58. The van der Waals surface area contributed by atoms with E-state index >= 15 is 0 Å². The third kappa shape index (κ3) is 4.11. The normalized spacial score (nSPS) is 11.3. The van der Waals surface area contributed by atoms with Crippen molar-refractivity contribution in [2.45, 2.75) is 20.0 Å². The summed E-state index contributed by atoms with van der Waals surface area (Å²) in [5.74, 6) is 0.561. The van der Waals surface area contributed by atoms with Gasteiger partial charge in [0.15, 0.2) is 0 Å². The number of alkyl halides is 3. The molecule has 0 atom stereocenters. The number of hydrogen-bond acceptors (Lipinski definition) is 4. The number of anilines is 4. The molecule has 0 bridgehead atoms. The first-order valence-electron chi connectivity index (χ1n) is 7.93. The molecule has 0 amide bonds. The van der Waals surface area contributed by atoms with Gasteiger partial charge < -0.3 is 10.6 Å². The van der Waals surface area contributed by atoms with Crippen LogP contribution in [0.25, 0.3) is 0 Å². The Balaban J connectivity index is 1.83. The average molecular weight is 358 g/mol. The van der Waals surface area contributed by atoms with Crippen LogP contribution in [0, 0.1) is 13.8 Å². The highest BCUT2D eigenvalue weighted by Crippen LogP contribution is 2.35. The molecule has 1 heterocycles. The van der Waals surface area contributed by atoms with Crippen molar-refractivity contribution >= 4 is 23.1 Å². The molecule has 1 aromatic heterocycles. The van der Waals surface area contributed by atoms with E-state index in [1.54, 1.807) is 0 Å². The Labute approximate surface area is 149 Å². The molecule has 4 nitrogen and oxygen atoms in total. The maximum Gasteiger partial charge on any atom is 0.418 e. The number of nitrogens with one attached hydrogen (secondary N) is 2. The van der Waals surface area contributed by atoms with Crippen LogP contribution >= 0.6 is 0 Å². The van der Waals surface area contributed by atoms with Gasteiger partial charge in [-0.2, -0.15) is 18.2 Å². The predicted octanol–water partition coefficient (Wildman–Crippen LogP) is 5.60. The van der Waals surface area contributed by atoms with Crippen LogP contribution < -0.4 is 10.6 Å². The number of benzene rings is 2. The lowest BCUT2D eigenvalue weighted by atomic mass is 10.1. The van der Waals surface area contributed by atoms with Gasteiger partial charge in [-0.25, -0.2) is 4.98 Å². The SMILES string of the molecule is Cc1ccc(Nc2nccc(Nc3ccccc3C(F)(F)F)n2)cc1C. The summed E-state index contributed by atoms with van der Waals surface area (Å²) in [6.07, 6.45) is -2.97. The lowest BCUT2D eigenvalue weighted by Crippen LogP contribution is -2.09. The summed E-state index contributed by atoms with van der Waals surface area (Å²) in [5.41, 5.74) is 2.28. The van der Waals surface area contributed by atoms with Gasteiger partial charge >= 0.3 is 6.18 Å². The Hall–Kier alpha value is -3.09. The minimum Gasteiger partial charge on any atom is -0.340 e. The van der Waals surface area contributed by atoms with Gasteiger partial charge in [0, 0.05) is 11.9 Å². The van der Waals surface area contributed by atoms with Gasteiger partial charge in [-0.15, -0.1) is 0 Å². The second-order valence-electron chi connectivity index (χ2n) is 5.86. The molecule has 7 heteroatoms. The standard InChI is InChI=1S/C19H17F3N4/c1-12-7-8-14(11-13(12)2)24-18-23-10-9-17(26-18)25-16-6-4-3-5-15(16)19(20,21)22/h3-11H,1-2H3,(H2,23,24,25,26). The summed E-state index contributed by atoms with van der Waals surface area (Å²) in [5, 5.41) is 5.77. The van der Waals surface area contributed by atoms with Crippen molar-refractivity contribution in [2.24, 2.45) is 0 Å². The van der Waals surface area contributed by atoms with Gasteiger partial charge in [-0.1, -0.05) is 18.2 Å². The van der Waals surface area contributed by atoms with E-state index in [0.29, 0.717) is 5.95 Å². The molecule has 0 fully saturated rings. The molecule has 2 aromatic carbocycles. The van der Waals surface area contributed by atoms with Gasteiger partial charge in [0.1, 0.15) is 5.82 Å². The Morgan fingerprint density at radius 2 is 1.65 bits per heavy atom. The van der Waals surface area contributed by atoms with Gasteiger partial charge in [0.05, 0.1) is 11.3 Å². The first-order chi connectivity index (χ1) is 12.3. The minimum atomic E-state index is -4.45. The molecule has 0 radical (unpaired) electrons. The molecule has 134 valence electrons. The third-order valence-corrected chi connectivity index (χ3v) is 3.91. The van der Waals surface area contributed by atoms with E-state index in [9.17, 15) is 13.2 Å². The minimum absolute atomic E-state index is 0.0594. The number of halogens is 3. The van der Waals surface area contributed by atoms with Crippen LogP contribution in [0.1, 0.15) is 16.7 Å². The molecule has 0 aliphatic rings. The topological polar surface area (TPSA) is 49.8 Å². The third-order valence-electron chi connectivity index (χ3n) is 3.91. The smallest absolute Gasteiger partial charge is 0.340 e. The molecule has 0 spiro atoms. The molecule has 3 rings (SSSR count). The molecule has 0 saturated heterocycles. The summed E-state index contributed by atoms with van der Waals surface area (Å²) >= 11 is 0. The highest BCUT2D eigenvalue weighted by molar-refractivity contribution is 5.63. The van der Waals surface area contributed by atoms with E-state index < -0.39 is 11.7 Å². The quantitative estimate of drug-likeness (QED) is 0.637. The first kappa shape index (κ1) is 17.7. The van der Waals surface area contributed by atoms with E-state index in [2.05, 4.69) is 20.6 Å². The summed E-state index contributed by atoms with van der Waals surface area (Å²) in [6, 6.07) is 12.6. The van der Waals surface area contributed by atoms with Crippen LogP contribution in [0.2, 0.25) is 0 Å². The lowest BCUT2D eigenvalue weighted by Gasteiger charge is -2.14. The molecular formula is C19H17F3N4. The van der Waals surface area contributed by atoms with Crippen molar-refractivity contribution in [3.05, 3.63) is 71.4 Å². The fourth-order valence-corrected chi connectivity index (χ4v) is 2.41. The summed E-state index contributed by atoms with van der Waals surface area (Å²) in [7, 11) is 0. The predicted molar refractivity (Wildman–Crippen MR) is 96.0 cm³/mol. The number of aromatic nitrogens is 2. The summed E-state index contributed by atoms with van der Waals surface area (Å²) in [4.78, 5) is 8.35. The molecular weight excluding hydrogens is 341 g/mol. The lowest BCUT2D eigenvalue weighted by molar-refractivity contribution is -0.136. The zero-order valence-electron chi connectivity index (χ0n) is 14.2. The number of hydrogen-bond donors (Lipinski definition) is 2. The first-order valence-corrected chi connectivity index (χ1v) is 7.93. The highest BCUT2D eigenvalue weighted by Gasteiger charge is 2.33. The Morgan fingerprint density at radius 3 is 2.38 bits per heavy atom. The van der Waals surface area contributed by atoms with Gasteiger partial charge in [-0.3, -0.25) is 0 Å². The van der Waals surface area contributed by atoms with Crippen molar-refractivity contribution in [3.8, 4) is 0 Å². The van der Waals surface area contributed by atoms with Crippen LogP contribution in [0.15, 0.2) is 54.7 Å². The number of aryl methyl sites for hydroxylation is 2. The molecule has 0 aliphatic carbocycles.